The van der Waals surface area contributed by atoms with Crippen molar-refractivity contribution in [3.8, 4) is 6.07 Å². The van der Waals surface area contributed by atoms with Crippen molar-refractivity contribution in [3.05, 3.63) is 88.6 Å². The van der Waals surface area contributed by atoms with Crippen molar-refractivity contribution in [3.63, 3.8) is 0 Å². The van der Waals surface area contributed by atoms with Crippen molar-refractivity contribution in [1.82, 2.24) is 9.71 Å². The summed E-state index contributed by atoms with van der Waals surface area (Å²) in [7, 11) is -3.76. The van der Waals surface area contributed by atoms with Crippen molar-refractivity contribution in [2.75, 3.05) is 11.4 Å². The minimum absolute atomic E-state index is 0.0111. The predicted octanol–water partition coefficient (Wildman–Crippen LogP) is 3.52. The summed E-state index contributed by atoms with van der Waals surface area (Å²) in [5, 5.41) is 9.91. The van der Waals surface area contributed by atoms with E-state index < -0.39 is 10.0 Å². The molecule has 1 unspecified atom stereocenters. The topological polar surface area (TPSA) is 86.1 Å². The van der Waals surface area contributed by atoms with Crippen molar-refractivity contribution < 1.29 is 8.42 Å². The number of benzene rings is 2. The number of sulfonamides is 1. The molecule has 1 atom stereocenters. The average molecular weight is 439 g/mol. The third kappa shape index (κ3) is 4.46. The number of rotatable bonds is 5. The molecular weight excluding hydrogens is 420 g/mol. The Balaban J connectivity index is 1.64. The van der Waals surface area contributed by atoms with Gasteiger partial charge >= 0.3 is 0 Å². The first kappa shape index (κ1) is 20.4. The fraction of sp³-hybridized carbons (Fsp3) is 0.182. The summed E-state index contributed by atoms with van der Waals surface area (Å²) in [5.74, 6) is 0. The second-order valence-electron chi connectivity index (χ2n) is 7.16. The lowest BCUT2D eigenvalue weighted by atomic mass is 9.96. The van der Waals surface area contributed by atoms with Gasteiger partial charge in [-0.05, 0) is 60.0 Å². The third-order valence-corrected chi connectivity index (χ3v) is 6.62. The summed E-state index contributed by atoms with van der Waals surface area (Å²) in [4.78, 5) is 6.07. The normalized spacial score (nSPS) is 16.0. The van der Waals surface area contributed by atoms with Crippen LogP contribution in [0.5, 0.6) is 0 Å². The molecule has 0 aliphatic carbocycles. The van der Waals surface area contributed by atoms with Gasteiger partial charge in [-0.1, -0.05) is 29.8 Å². The Morgan fingerprint density at radius 1 is 1.17 bits per heavy atom. The van der Waals surface area contributed by atoms with Gasteiger partial charge in [0.2, 0.25) is 0 Å². The van der Waals surface area contributed by atoms with Crippen molar-refractivity contribution >= 4 is 27.3 Å². The van der Waals surface area contributed by atoms with E-state index in [4.69, 9.17) is 11.6 Å². The summed E-state index contributed by atoms with van der Waals surface area (Å²) in [5.41, 5.74) is 3.48. The first-order valence-corrected chi connectivity index (χ1v) is 11.3. The van der Waals surface area contributed by atoms with Gasteiger partial charge in [0.25, 0.3) is 10.0 Å². The summed E-state index contributed by atoms with van der Waals surface area (Å²) in [6, 6.07) is 19.7. The van der Waals surface area contributed by atoms with E-state index in [1.807, 2.05) is 36.4 Å². The highest BCUT2D eigenvalue weighted by Gasteiger charge is 2.29. The highest BCUT2D eigenvalue weighted by Crippen LogP contribution is 2.30. The van der Waals surface area contributed by atoms with E-state index in [9.17, 15) is 13.7 Å². The number of aromatic nitrogens is 1. The number of nitrogens with zero attached hydrogens (tertiary/aromatic N) is 3. The molecule has 1 aromatic heterocycles. The van der Waals surface area contributed by atoms with Crippen LogP contribution in [0.25, 0.3) is 0 Å². The number of pyridine rings is 1. The lowest BCUT2D eigenvalue weighted by Gasteiger charge is -2.36. The average Bonchev–Trinajstić information content (AvgIpc) is 2.73. The number of halogens is 1. The van der Waals surface area contributed by atoms with E-state index in [2.05, 4.69) is 20.7 Å². The van der Waals surface area contributed by atoms with Crippen LogP contribution in [0, 0.1) is 11.3 Å². The van der Waals surface area contributed by atoms with Gasteiger partial charge in [0, 0.05) is 36.0 Å². The molecule has 152 valence electrons. The Morgan fingerprint density at radius 2 is 2.03 bits per heavy atom. The molecule has 2 aromatic carbocycles. The molecular formula is C22H19ClN4O2S. The van der Waals surface area contributed by atoms with Crippen LogP contribution in [0.3, 0.4) is 0 Å². The fourth-order valence-electron chi connectivity index (χ4n) is 3.69. The largest absolute Gasteiger partial charge is 0.365 e. The van der Waals surface area contributed by atoms with Gasteiger partial charge in [-0.15, -0.1) is 0 Å². The number of nitrogens with one attached hydrogen (secondary N) is 1. The molecule has 1 aliphatic heterocycles. The highest BCUT2D eigenvalue weighted by molar-refractivity contribution is 7.89. The molecule has 0 radical (unpaired) electrons. The Kier molecular flexibility index (Phi) is 5.73. The number of hydrogen-bond acceptors (Lipinski definition) is 5. The molecule has 0 amide bonds. The van der Waals surface area contributed by atoms with Gasteiger partial charge in [0.1, 0.15) is 0 Å². The molecule has 1 N–H and O–H groups in total. The maximum atomic E-state index is 12.8. The molecule has 1 aliphatic rings. The van der Waals surface area contributed by atoms with E-state index >= 15 is 0 Å². The summed E-state index contributed by atoms with van der Waals surface area (Å²) in [6.45, 7) is 1.05. The van der Waals surface area contributed by atoms with Crippen LogP contribution in [0.1, 0.15) is 16.7 Å². The van der Waals surface area contributed by atoms with Crippen molar-refractivity contribution in [2.45, 2.75) is 24.0 Å². The monoisotopic (exact) mass is 438 g/mol. The molecule has 6 nitrogen and oxygen atoms in total. The number of hydrogen-bond donors (Lipinski definition) is 1. The first-order chi connectivity index (χ1) is 14.4. The smallest absolute Gasteiger partial charge is 0.258 e. The van der Waals surface area contributed by atoms with Crippen LogP contribution >= 0.6 is 11.6 Å². The van der Waals surface area contributed by atoms with Crippen LogP contribution in [0.15, 0.2) is 71.9 Å². The van der Waals surface area contributed by atoms with E-state index in [1.54, 1.807) is 18.2 Å². The molecule has 4 rings (SSSR count). The summed E-state index contributed by atoms with van der Waals surface area (Å²) in [6.07, 6.45) is 1.94. The second-order valence-corrected chi connectivity index (χ2v) is 9.25. The minimum Gasteiger partial charge on any atom is -0.365 e. The Bertz CT molecular complexity index is 1210. The maximum absolute atomic E-state index is 12.8. The fourth-order valence-corrected chi connectivity index (χ4v) is 5.08. The maximum Gasteiger partial charge on any atom is 0.258 e. The Morgan fingerprint density at radius 3 is 2.77 bits per heavy atom. The molecule has 0 bridgehead atoms. The zero-order chi connectivity index (χ0) is 21.1. The van der Waals surface area contributed by atoms with Gasteiger partial charge in [0.05, 0.1) is 11.6 Å². The number of anilines is 1. The van der Waals surface area contributed by atoms with Gasteiger partial charge < -0.3 is 4.90 Å². The standard InChI is InChI=1S/C22H19ClN4O2S/c23-19-5-3-4-17(11-19)14-27-15-20(12-18-10-16(13-24)7-8-21(18)27)26-30(28,29)22-6-1-2-9-25-22/h1-11,20,26H,12,14-15H2. The highest BCUT2D eigenvalue weighted by atomic mass is 35.5. The summed E-state index contributed by atoms with van der Waals surface area (Å²) < 4.78 is 28.3. The van der Waals surface area contributed by atoms with Gasteiger partial charge in [-0.3, -0.25) is 0 Å². The number of nitriles is 1. The summed E-state index contributed by atoms with van der Waals surface area (Å²) >= 11 is 6.13. The molecule has 30 heavy (non-hydrogen) atoms. The van der Waals surface area contributed by atoms with E-state index in [0.29, 0.717) is 30.1 Å². The zero-order valence-corrected chi connectivity index (χ0v) is 17.6. The lowest BCUT2D eigenvalue weighted by molar-refractivity contribution is 0.522. The lowest BCUT2D eigenvalue weighted by Crippen LogP contribution is -2.48. The van der Waals surface area contributed by atoms with Gasteiger partial charge in [-0.2, -0.15) is 5.26 Å². The van der Waals surface area contributed by atoms with Crippen LogP contribution in [0.2, 0.25) is 5.02 Å². The van der Waals surface area contributed by atoms with Crippen LogP contribution < -0.4 is 9.62 Å². The molecule has 0 spiro atoms. The van der Waals surface area contributed by atoms with Crippen LogP contribution in [-0.2, 0) is 23.0 Å². The van der Waals surface area contributed by atoms with E-state index in [0.717, 1.165) is 16.8 Å². The van der Waals surface area contributed by atoms with Gasteiger partial charge in [-0.25, -0.2) is 18.1 Å². The first-order valence-electron chi connectivity index (χ1n) is 9.40. The molecule has 0 fully saturated rings. The number of fused-ring (bicyclic) bond motifs is 1. The van der Waals surface area contributed by atoms with Gasteiger partial charge in [0.15, 0.2) is 5.03 Å². The molecule has 0 saturated heterocycles. The van der Waals surface area contributed by atoms with Crippen molar-refractivity contribution in [1.29, 1.82) is 5.26 Å². The van der Waals surface area contributed by atoms with Crippen LogP contribution in [-0.4, -0.2) is 26.0 Å². The quantitative estimate of drug-likeness (QED) is 0.658. The Labute approximate surface area is 180 Å². The zero-order valence-electron chi connectivity index (χ0n) is 16.0. The van der Waals surface area contributed by atoms with E-state index in [-0.39, 0.29) is 11.1 Å². The van der Waals surface area contributed by atoms with E-state index in [1.165, 1.54) is 12.3 Å². The Hall–Kier alpha value is -2.92. The predicted molar refractivity (Wildman–Crippen MR) is 116 cm³/mol. The molecule has 0 saturated carbocycles. The third-order valence-electron chi connectivity index (χ3n) is 4.95. The minimum atomic E-state index is -3.76. The molecule has 2 heterocycles. The molecule has 8 heteroatoms. The van der Waals surface area contributed by atoms with Crippen LogP contribution in [0.4, 0.5) is 5.69 Å². The second kappa shape index (κ2) is 8.44. The SMILES string of the molecule is N#Cc1ccc2c(c1)CC(NS(=O)(=O)c1ccccn1)CN2Cc1cccc(Cl)c1. The molecule has 3 aromatic rings. The van der Waals surface area contributed by atoms with Crippen molar-refractivity contribution in [2.24, 2.45) is 0 Å².